The molecule has 0 radical (unpaired) electrons. The maximum absolute atomic E-state index is 13.3. The summed E-state index contributed by atoms with van der Waals surface area (Å²) in [5.74, 6) is -1.62. The molecule has 1 fully saturated rings. The Morgan fingerprint density at radius 2 is 1.79 bits per heavy atom. The van der Waals surface area contributed by atoms with Crippen molar-refractivity contribution in [2.24, 2.45) is 0 Å². The van der Waals surface area contributed by atoms with E-state index in [0.29, 0.717) is 46.9 Å². The minimum atomic E-state index is -4.91. The van der Waals surface area contributed by atoms with Crippen molar-refractivity contribution in [1.29, 1.82) is 0 Å². The van der Waals surface area contributed by atoms with Crippen molar-refractivity contribution in [2.75, 3.05) is 38.5 Å². The molecule has 2 aliphatic rings. The molecule has 0 spiro atoms. The van der Waals surface area contributed by atoms with Gasteiger partial charge in [-0.2, -0.15) is 0 Å². The lowest BCUT2D eigenvalue weighted by Gasteiger charge is -2.32. The van der Waals surface area contributed by atoms with Crippen LogP contribution in [-0.4, -0.2) is 74.6 Å². The number of likely N-dealkylation sites (N-methyl/N-ethyl adjacent to an activating group) is 1. The van der Waals surface area contributed by atoms with Crippen molar-refractivity contribution in [3.05, 3.63) is 76.1 Å². The van der Waals surface area contributed by atoms with E-state index < -0.39 is 33.6 Å². The van der Waals surface area contributed by atoms with Crippen LogP contribution in [0.4, 0.5) is 18.9 Å². The molecule has 0 atom stereocenters. The Labute approximate surface area is 240 Å². The van der Waals surface area contributed by atoms with Crippen LogP contribution in [0.25, 0.3) is 11.6 Å². The second-order valence-corrected chi connectivity index (χ2v) is 12.4. The quantitative estimate of drug-likeness (QED) is 0.405. The summed E-state index contributed by atoms with van der Waals surface area (Å²) in [5.41, 5.74) is 3.53. The van der Waals surface area contributed by atoms with Crippen LogP contribution in [0.2, 0.25) is 0 Å². The van der Waals surface area contributed by atoms with E-state index in [-0.39, 0.29) is 21.9 Å². The van der Waals surface area contributed by atoms with Crippen LogP contribution in [0.5, 0.6) is 5.75 Å². The number of halogens is 3. The predicted molar refractivity (Wildman–Crippen MR) is 151 cm³/mol. The number of hydrogen-bond donors (Lipinski definition) is 2. The number of benzene rings is 2. The van der Waals surface area contributed by atoms with Crippen LogP contribution >= 0.6 is 0 Å². The Balaban J connectivity index is 1.43. The number of rotatable bonds is 6. The molecule has 1 saturated heterocycles. The summed E-state index contributed by atoms with van der Waals surface area (Å²) in [4.78, 5) is 33.3. The summed E-state index contributed by atoms with van der Waals surface area (Å²) < 4.78 is 68.2. The Bertz CT molecular complexity index is 1700. The first-order valence-electron chi connectivity index (χ1n) is 13.1. The number of amides is 2. The summed E-state index contributed by atoms with van der Waals surface area (Å²) in [6.07, 6.45) is -3.31. The zero-order chi connectivity index (χ0) is 30.4. The molecule has 2 amide bonds. The summed E-state index contributed by atoms with van der Waals surface area (Å²) in [7, 11) is -2.01. The van der Waals surface area contributed by atoms with E-state index in [2.05, 4.69) is 19.9 Å². The average molecular weight is 603 g/mol. The fourth-order valence-electron chi connectivity index (χ4n) is 5.19. The van der Waals surface area contributed by atoms with Crippen LogP contribution in [0.1, 0.15) is 38.4 Å². The van der Waals surface area contributed by atoms with Crippen LogP contribution in [0.15, 0.2) is 47.4 Å². The molecule has 9 nitrogen and oxygen atoms in total. The van der Waals surface area contributed by atoms with Gasteiger partial charge in [0, 0.05) is 48.8 Å². The molecular weight excluding hydrogens is 573 g/mol. The molecule has 1 aromatic heterocycles. The van der Waals surface area contributed by atoms with E-state index in [9.17, 15) is 31.2 Å². The highest BCUT2D eigenvalue weighted by Crippen LogP contribution is 2.36. The number of piperazine rings is 1. The van der Waals surface area contributed by atoms with Gasteiger partial charge in [-0.3, -0.25) is 9.59 Å². The number of nitrogens with one attached hydrogen (secondary N) is 2. The predicted octanol–water partition coefficient (Wildman–Crippen LogP) is 4.38. The molecule has 3 aromatic rings. The lowest BCUT2D eigenvalue weighted by atomic mass is 10.0. The van der Waals surface area contributed by atoms with Gasteiger partial charge >= 0.3 is 6.36 Å². The van der Waals surface area contributed by atoms with E-state index in [1.54, 1.807) is 24.8 Å². The van der Waals surface area contributed by atoms with Crippen molar-refractivity contribution >= 4 is 39.0 Å². The number of ether oxygens (including phenoxy) is 1. The fraction of sp³-hybridized carbons (Fsp3) is 0.310. The van der Waals surface area contributed by atoms with Crippen molar-refractivity contribution in [2.45, 2.75) is 30.9 Å². The largest absolute Gasteiger partial charge is 0.573 e. The van der Waals surface area contributed by atoms with E-state index in [4.69, 9.17) is 0 Å². The summed E-state index contributed by atoms with van der Waals surface area (Å²) in [5, 5.41) is 2.73. The zero-order valence-electron chi connectivity index (χ0n) is 23.1. The third kappa shape index (κ3) is 6.07. The Morgan fingerprint density at radius 1 is 1.07 bits per heavy atom. The Morgan fingerprint density at radius 3 is 2.48 bits per heavy atom. The SMILES string of the molecule is Cc1[nH]c(C=C2C(=O)Nc3ccc(S(=O)(=O)Cc4cccc(OC(F)(F)F)c4)cc32)c(C)c1C(=O)N1CCN(C)CC1. The molecule has 0 bridgehead atoms. The van der Waals surface area contributed by atoms with Gasteiger partial charge in [-0.05, 0) is 68.4 Å². The van der Waals surface area contributed by atoms with E-state index in [1.807, 2.05) is 7.05 Å². The number of anilines is 1. The molecule has 42 heavy (non-hydrogen) atoms. The standard InChI is InChI=1S/C29H29F3N4O5S/c1-17-25(33-18(2)26(17)28(38)36-11-9-35(3)10-12-36)15-23-22-14-21(7-8-24(22)34-27(23)37)42(39,40)16-19-5-4-6-20(13-19)41-29(30,31)32/h4-8,13-15,33H,9-12,16H2,1-3H3,(H,34,37). The number of carbonyl (C=O) groups is 2. The van der Waals surface area contributed by atoms with Crippen LogP contribution < -0.4 is 10.1 Å². The van der Waals surface area contributed by atoms with Gasteiger partial charge in [0.1, 0.15) is 5.75 Å². The van der Waals surface area contributed by atoms with Gasteiger partial charge in [0.15, 0.2) is 9.84 Å². The number of aryl methyl sites for hydroxylation is 1. The molecule has 2 aliphatic heterocycles. The van der Waals surface area contributed by atoms with Gasteiger partial charge in [-0.1, -0.05) is 12.1 Å². The number of carbonyl (C=O) groups excluding carboxylic acids is 2. The fourth-order valence-corrected chi connectivity index (χ4v) is 6.55. The number of sulfone groups is 1. The summed E-state index contributed by atoms with van der Waals surface area (Å²) in [6.45, 7) is 6.37. The highest BCUT2D eigenvalue weighted by Gasteiger charge is 2.32. The average Bonchev–Trinajstić information content (AvgIpc) is 3.36. The third-order valence-corrected chi connectivity index (χ3v) is 9.08. The van der Waals surface area contributed by atoms with Gasteiger partial charge in [-0.25, -0.2) is 8.42 Å². The van der Waals surface area contributed by atoms with Crippen LogP contribution in [0, 0.1) is 13.8 Å². The van der Waals surface area contributed by atoms with Gasteiger partial charge in [0.25, 0.3) is 11.8 Å². The number of hydrogen-bond acceptors (Lipinski definition) is 6. The molecular formula is C29H29F3N4O5S. The first kappa shape index (κ1) is 29.4. The maximum atomic E-state index is 13.3. The molecule has 0 aliphatic carbocycles. The van der Waals surface area contributed by atoms with Crippen LogP contribution in [0.3, 0.4) is 0 Å². The smallest absolute Gasteiger partial charge is 0.406 e. The number of nitrogens with zero attached hydrogens (tertiary/aromatic N) is 2. The molecule has 3 heterocycles. The second kappa shape index (κ2) is 11.0. The van der Waals surface area contributed by atoms with Crippen molar-refractivity contribution in [3.63, 3.8) is 0 Å². The second-order valence-electron chi connectivity index (χ2n) is 10.4. The number of aromatic nitrogens is 1. The highest BCUT2D eigenvalue weighted by molar-refractivity contribution is 7.90. The van der Waals surface area contributed by atoms with Crippen molar-refractivity contribution < 1.29 is 35.9 Å². The molecule has 5 rings (SSSR count). The first-order chi connectivity index (χ1) is 19.7. The van der Waals surface area contributed by atoms with E-state index >= 15 is 0 Å². The van der Waals surface area contributed by atoms with Gasteiger partial charge in [0.2, 0.25) is 0 Å². The van der Waals surface area contributed by atoms with E-state index in [1.165, 1.54) is 30.3 Å². The number of H-pyrrole nitrogens is 1. The molecule has 222 valence electrons. The zero-order valence-corrected chi connectivity index (χ0v) is 23.9. The number of aromatic amines is 1. The highest BCUT2D eigenvalue weighted by atomic mass is 32.2. The first-order valence-corrected chi connectivity index (χ1v) is 14.8. The number of alkyl halides is 3. The Kier molecular flexibility index (Phi) is 7.66. The van der Waals surface area contributed by atoms with Gasteiger partial charge in [-0.15, -0.1) is 13.2 Å². The van der Waals surface area contributed by atoms with Gasteiger partial charge < -0.3 is 24.8 Å². The molecule has 13 heteroatoms. The van der Waals surface area contributed by atoms with Gasteiger partial charge in [0.05, 0.1) is 21.8 Å². The minimum absolute atomic E-state index is 0.0895. The lowest BCUT2D eigenvalue weighted by Crippen LogP contribution is -2.47. The molecule has 0 saturated carbocycles. The molecule has 0 unspecified atom stereocenters. The Hall–Kier alpha value is -4.10. The molecule has 2 aromatic carbocycles. The molecule has 2 N–H and O–H groups in total. The number of fused-ring (bicyclic) bond motifs is 1. The monoisotopic (exact) mass is 602 g/mol. The summed E-state index contributed by atoms with van der Waals surface area (Å²) in [6, 6.07) is 8.95. The maximum Gasteiger partial charge on any atom is 0.573 e. The van der Waals surface area contributed by atoms with E-state index in [0.717, 1.165) is 25.2 Å². The van der Waals surface area contributed by atoms with Crippen LogP contribution in [-0.2, 0) is 20.4 Å². The summed E-state index contributed by atoms with van der Waals surface area (Å²) >= 11 is 0. The van der Waals surface area contributed by atoms with Crippen molar-refractivity contribution in [3.8, 4) is 5.75 Å². The normalized spacial score (nSPS) is 17.0. The minimum Gasteiger partial charge on any atom is -0.406 e. The lowest BCUT2D eigenvalue weighted by molar-refractivity contribution is -0.274. The third-order valence-electron chi connectivity index (χ3n) is 7.39. The van der Waals surface area contributed by atoms with Crippen molar-refractivity contribution in [1.82, 2.24) is 14.8 Å². The topological polar surface area (TPSA) is 112 Å².